The maximum atomic E-state index is 7.51. The van der Waals surface area contributed by atoms with Gasteiger partial charge in [0.2, 0.25) is 0 Å². The van der Waals surface area contributed by atoms with Crippen LogP contribution < -0.4 is 0 Å². The molecular formula is C64H130O17. The molecule has 0 aromatic carbocycles. The van der Waals surface area contributed by atoms with Gasteiger partial charge in [-0.3, -0.25) is 4.74 Å². The predicted molar refractivity (Wildman–Crippen MR) is 322 cm³/mol. The highest BCUT2D eigenvalue weighted by Gasteiger charge is 2.73. The van der Waals surface area contributed by atoms with Crippen molar-refractivity contribution in [1.29, 1.82) is 0 Å². The molecule has 488 valence electrons. The lowest BCUT2D eigenvalue weighted by molar-refractivity contribution is -0.609. The summed E-state index contributed by atoms with van der Waals surface area (Å²) >= 11 is 0. The molecule has 2 atom stereocenters. The van der Waals surface area contributed by atoms with Crippen molar-refractivity contribution in [3.05, 3.63) is 0 Å². The molecule has 0 rings (SSSR count). The smallest absolute Gasteiger partial charge is 0.347 e. The average Bonchev–Trinajstić information content (AvgIpc) is 3.53. The highest BCUT2D eigenvalue weighted by Crippen LogP contribution is 2.49. The van der Waals surface area contributed by atoms with Crippen molar-refractivity contribution in [2.24, 2.45) is 0 Å². The van der Waals surface area contributed by atoms with Gasteiger partial charge in [-0.2, -0.15) is 0 Å². The van der Waals surface area contributed by atoms with E-state index in [0.717, 1.165) is 89.9 Å². The molecular weight excluding hydrogens is 1040 g/mol. The van der Waals surface area contributed by atoms with Gasteiger partial charge in [-0.05, 0) is 136 Å². The van der Waals surface area contributed by atoms with Crippen LogP contribution in [-0.2, 0) is 80.5 Å². The quantitative estimate of drug-likeness (QED) is 0.0418. The minimum atomic E-state index is -2.15. The molecule has 0 aromatic heterocycles. The Balaban J connectivity index is 6.55. The second-order valence-corrected chi connectivity index (χ2v) is 20.0. The van der Waals surface area contributed by atoms with Crippen LogP contribution in [-0.4, -0.2) is 153 Å². The zero-order chi connectivity index (χ0) is 60.5. The van der Waals surface area contributed by atoms with E-state index in [2.05, 4.69) is 0 Å². The molecule has 0 fully saturated rings. The van der Waals surface area contributed by atoms with Gasteiger partial charge < -0.3 is 75.8 Å². The molecule has 0 spiro atoms. The van der Waals surface area contributed by atoms with Gasteiger partial charge >= 0.3 is 11.9 Å². The first-order valence-electron chi connectivity index (χ1n) is 33.3. The van der Waals surface area contributed by atoms with Crippen LogP contribution in [0.5, 0.6) is 0 Å². The Kier molecular flexibility index (Phi) is 49.9. The molecule has 0 aliphatic carbocycles. The third-order valence-electron chi connectivity index (χ3n) is 14.1. The first-order valence-corrected chi connectivity index (χ1v) is 33.3. The van der Waals surface area contributed by atoms with E-state index in [4.69, 9.17) is 80.5 Å². The van der Waals surface area contributed by atoms with E-state index in [1.54, 1.807) is 0 Å². The van der Waals surface area contributed by atoms with Crippen molar-refractivity contribution in [1.82, 2.24) is 0 Å². The van der Waals surface area contributed by atoms with Gasteiger partial charge in [0, 0.05) is 119 Å². The van der Waals surface area contributed by atoms with Crippen molar-refractivity contribution in [2.75, 3.05) is 106 Å². The van der Waals surface area contributed by atoms with Gasteiger partial charge in [-0.25, -0.2) is 0 Å². The Morgan fingerprint density at radius 1 is 0.210 bits per heavy atom. The lowest BCUT2D eigenvalue weighted by atomic mass is 9.96. The summed E-state index contributed by atoms with van der Waals surface area (Å²) in [6, 6.07) is 0. The van der Waals surface area contributed by atoms with Crippen molar-refractivity contribution in [3.8, 4) is 0 Å². The van der Waals surface area contributed by atoms with E-state index >= 15 is 0 Å². The average molecular weight is 1170 g/mol. The van der Waals surface area contributed by atoms with Crippen LogP contribution in [0.4, 0.5) is 0 Å². The third kappa shape index (κ3) is 28.4. The summed E-state index contributed by atoms with van der Waals surface area (Å²) in [6.07, 6.45) is 23.2. The topological polar surface area (TPSA) is 157 Å². The molecule has 17 heteroatoms. The Morgan fingerprint density at radius 2 is 0.407 bits per heavy atom. The molecule has 0 amide bonds. The molecule has 0 radical (unpaired) electrons. The predicted octanol–water partition coefficient (Wildman–Crippen LogP) is 15.7. The zero-order valence-corrected chi connectivity index (χ0v) is 55.4. The molecule has 17 nitrogen and oxygen atoms in total. The maximum absolute atomic E-state index is 7.51. The summed E-state index contributed by atoms with van der Waals surface area (Å²) in [6.45, 7) is 36.7. The highest BCUT2D eigenvalue weighted by molar-refractivity contribution is 4.98. The maximum Gasteiger partial charge on any atom is 0.347 e. The van der Waals surface area contributed by atoms with Crippen LogP contribution in [0.15, 0.2) is 0 Å². The first kappa shape index (κ1) is 80.3. The Labute approximate surface area is 497 Å². The molecule has 0 saturated carbocycles. The van der Waals surface area contributed by atoms with Gasteiger partial charge in [-0.15, -0.1) is 0 Å². The minimum absolute atomic E-state index is 0.146. The van der Waals surface area contributed by atoms with Crippen LogP contribution in [0.2, 0.25) is 0 Å². The normalized spacial score (nSPS) is 13.9. The molecule has 0 heterocycles. The van der Waals surface area contributed by atoms with Crippen LogP contribution in [0.3, 0.4) is 0 Å². The largest absolute Gasteiger partial charge is 0.373 e. The number of ether oxygens (including phenoxy) is 17. The van der Waals surface area contributed by atoms with Crippen LogP contribution in [0.25, 0.3) is 0 Å². The number of rotatable bonds is 64. The van der Waals surface area contributed by atoms with Crippen LogP contribution in [0, 0.1) is 0 Å². The second-order valence-electron chi connectivity index (χ2n) is 20.0. The summed E-state index contributed by atoms with van der Waals surface area (Å²) in [5, 5.41) is 0. The number of hydrogen-bond donors (Lipinski definition) is 0. The molecule has 0 aliphatic rings. The van der Waals surface area contributed by atoms with Crippen LogP contribution >= 0.6 is 0 Å². The van der Waals surface area contributed by atoms with Gasteiger partial charge in [0.1, 0.15) is 12.2 Å². The Bertz CT molecular complexity index is 1200. The molecule has 81 heavy (non-hydrogen) atoms. The summed E-state index contributed by atoms with van der Waals surface area (Å²) in [5.74, 6) is -9.74. The first-order chi connectivity index (χ1) is 39.4. The summed E-state index contributed by atoms with van der Waals surface area (Å²) < 4.78 is 112. The fourth-order valence-electron chi connectivity index (χ4n) is 11.1. The summed E-state index contributed by atoms with van der Waals surface area (Å²) in [7, 11) is 0. The van der Waals surface area contributed by atoms with E-state index in [1.807, 2.05) is 111 Å². The minimum Gasteiger partial charge on any atom is -0.373 e. The van der Waals surface area contributed by atoms with E-state index in [-0.39, 0.29) is 52.9 Å². The van der Waals surface area contributed by atoms with Crippen molar-refractivity contribution < 1.29 is 80.5 Å². The zero-order valence-electron chi connectivity index (χ0n) is 55.4. The lowest BCUT2D eigenvalue weighted by Crippen LogP contribution is -2.76. The molecule has 2 unspecified atom stereocenters. The standard InChI is InChI=1S/C64H130O17/c1-17-65-57(53-49-45-41-37-33-35-39-43-47-51-55-59(67-19-3,68-20-4)69-21-5)61(73-25-9,74-26-10)63(77-29-13,78-30-14)81-64(79-31-15,80-32-16)62(75-27-11,76-28-12)58(66-18-2)54-50-46-42-38-34-36-40-44-48-52-56-60(70-22-6,71-23-7)72-24-8/h57-58H,17-56H2,1-16H3. The Hall–Kier alpha value is -0.680. The second kappa shape index (κ2) is 50.3. The van der Waals surface area contributed by atoms with Crippen molar-refractivity contribution in [2.45, 2.75) is 313 Å². The van der Waals surface area contributed by atoms with Crippen molar-refractivity contribution in [3.63, 3.8) is 0 Å². The molecule has 0 bridgehead atoms. The van der Waals surface area contributed by atoms with Gasteiger partial charge in [0.25, 0.3) is 23.5 Å². The summed E-state index contributed by atoms with van der Waals surface area (Å²) in [4.78, 5) is 0. The molecule has 0 aliphatic heterocycles. The summed E-state index contributed by atoms with van der Waals surface area (Å²) in [5.41, 5.74) is 0. The van der Waals surface area contributed by atoms with Gasteiger partial charge in [0.05, 0.1) is 0 Å². The fraction of sp³-hybridized carbons (Fsp3) is 1.00. The molecule has 0 saturated heterocycles. The van der Waals surface area contributed by atoms with E-state index < -0.39 is 47.7 Å². The number of unbranched alkanes of at least 4 members (excludes halogenated alkanes) is 18. The monoisotopic (exact) mass is 1170 g/mol. The van der Waals surface area contributed by atoms with E-state index in [0.29, 0.717) is 65.7 Å². The Morgan fingerprint density at radius 3 is 0.605 bits per heavy atom. The number of hydrogen-bond acceptors (Lipinski definition) is 17. The highest BCUT2D eigenvalue weighted by atomic mass is 17.0. The third-order valence-corrected chi connectivity index (χ3v) is 14.1. The molecule has 0 N–H and O–H groups in total. The van der Waals surface area contributed by atoms with Gasteiger partial charge in [-0.1, -0.05) is 116 Å². The fourth-order valence-corrected chi connectivity index (χ4v) is 11.1. The lowest BCUT2D eigenvalue weighted by Gasteiger charge is -2.56. The van der Waals surface area contributed by atoms with Crippen LogP contribution in [0.1, 0.15) is 265 Å². The van der Waals surface area contributed by atoms with E-state index in [9.17, 15) is 0 Å². The van der Waals surface area contributed by atoms with E-state index in [1.165, 1.54) is 51.4 Å². The van der Waals surface area contributed by atoms with Crippen molar-refractivity contribution >= 4 is 0 Å². The van der Waals surface area contributed by atoms with Gasteiger partial charge in [0.15, 0.2) is 0 Å². The SMILES string of the molecule is CCOC(CCCCCCCCCCCCC(OCC)(OCC)OCC)C(OCC)(OCC)C(OCC)(OCC)OC(OCC)(OCC)C(OCC)(OCC)C(CCCCCCCCCCCCC(OCC)(OCC)OCC)OCC. The molecule has 0 aromatic rings.